The van der Waals surface area contributed by atoms with Crippen molar-refractivity contribution in [2.45, 2.75) is 6.92 Å². The molecule has 1 aromatic rings. The highest BCUT2D eigenvalue weighted by Crippen LogP contribution is 2.02. The third kappa shape index (κ3) is 1.95. The maximum Gasteiger partial charge on any atom is 0.130 e. The van der Waals surface area contributed by atoms with Crippen LogP contribution in [-0.2, 0) is 0 Å². The van der Waals surface area contributed by atoms with Crippen LogP contribution in [0.15, 0.2) is 42.0 Å². The Balaban J connectivity index is 2.97. The third-order valence-corrected chi connectivity index (χ3v) is 1.58. The molecule has 2 heteroatoms. The summed E-state index contributed by atoms with van der Waals surface area (Å²) in [7, 11) is 0. The van der Waals surface area contributed by atoms with Crippen LogP contribution in [0.5, 0.6) is 0 Å². The van der Waals surface area contributed by atoms with Crippen molar-refractivity contribution >= 4 is 5.84 Å². The van der Waals surface area contributed by atoms with E-state index < -0.39 is 0 Å². The number of hydrogen-bond donors (Lipinski definition) is 1. The number of aliphatic imine (C=N–C) groups is 1. The minimum absolute atomic E-state index is 0.505. The quantitative estimate of drug-likeness (QED) is 0.520. The molecule has 0 atom stereocenters. The fourth-order valence-corrected chi connectivity index (χ4v) is 0.897. The normalized spacial score (nSPS) is 11.2. The van der Waals surface area contributed by atoms with Crippen molar-refractivity contribution in [2.75, 3.05) is 0 Å². The number of rotatable bonds is 2. The molecule has 0 aliphatic carbocycles. The number of nitrogens with two attached hydrogens (primary N) is 1. The standard InChI is InChI=1S/C10H12N2/c1-3-12-10(11)9-6-4-8(2)5-7-9/h3-7H,1H2,2H3,(H2,11,12). The van der Waals surface area contributed by atoms with Crippen molar-refractivity contribution in [2.24, 2.45) is 10.7 Å². The maximum atomic E-state index is 5.63. The number of benzene rings is 1. The Hall–Kier alpha value is -1.57. The van der Waals surface area contributed by atoms with E-state index in [4.69, 9.17) is 5.73 Å². The van der Waals surface area contributed by atoms with Crippen LogP contribution in [0.3, 0.4) is 0 Å². The van der Waals surface area contributed by atoms with Gasteiger partial charge in [-0.3, -0.25) is 0 Å². The fourth-order valence-electron chi connectivity index (χ4n) is 0.897. The molecule has 0 aliphatic rings. The van der Waals surface area contributed by atoms with Gasteiger partial charge in [0.25, 0.3) is 0 Å². The van der Waals surface area contributed by atoms with Crippen LogP contribution >= 0.6 is 0 Å². The Labute approximate surface area is 72.4 Å². The molecule has 0 unspecified atom stereocenters. The predicted molar refractivity (Wildman–Crippen MR) is 52.1 cm³/mol. The van der Waals surface area contributed by atoms with E-state index in [9.17, 15) is 0 Å². The van der Waals surface area contributed by atoms with Gasteiger partial charge in [-0.2, -0.15) is 0 Å². The average Bonchev–Trinajstić information content (AvgIpc) is 2.06. The molecule has 0 spiro atoms. The first kappa shape index (κ1) is 8.53. The summed E-state index contributed by atoms with van der Waals surface area (Å²) >= 11 is 0. The molecular weight excluding hydrogens is 148 g/mol. The van der Waals surface area contributed by atoms with Gasteiger partial charge in [0.15, 0.2) is 0 Å². The largest absolute Gasteiger partial charge is 0.383 e. The molecule has 1 rings (SSSR count). The number of hydrogen-bond acceptors (Lipinski definition) is 1. The Morgan fingerprint density at radius 3 is 2.50 bits per heavy atom. The zero-order valence-electron chi connectivity index (χ0n) is 7.12. The second-order valence-electron chi connectivity index (χ2n) is 2.56. The Morgan fingerprint density at radius 2 is 2.00 bits per heavy atom. The van der Waals surface area contributed by atoms with Gasteiger partial charge >= 0.3 is 0 Å². The van der Waals surface area contributed by atoms with E-state index in [0.29, 0.717) is 5.84 Å². The third-order valence-electron chi connectivity index (χ3n) is 1.58. The highest BCUT2D eigenvalue weighted by atomic mass is 14.8. The van der Waals surface area contributed by atoms with E-state index in [1.54, 1.807) is 0 Å². The lowest BCUT2D eigenvalue weighted by Crippen LogP contribution is -2.12. The lowest BCUT2D eigenvalue weighted by atomic mass is 10.1. The fraction of sp³-hybridized carbons (Fsp3) is 0.100. The molecule has 0 radical (unpaired) electrons. The molecule has 0 heterocycles. The van der Waals surface area contributed by atoms with Gasteiger partial charge in [0.05, 0.1) is 0 Å². The molecule has 62 valence electrons. The van der Waals surface area contributed by atoms with E-state index in [1.807, 2.05) is 31.2 Å². The second-order valence-corrected chi connectivity index (χ2v) is 2.56. The summed E-state index contributed by atoms with van der Waals surface area (Å²) in [6.07, 6.45) is 1.44. The molecule has 0 amide bonds. The highest BCUT2D eigenvalue weighted by Gasteiger charge is 1.94. The minimum atomic E-state index is 0.505. The molecule has 0 fully saturated rings. The maximum absolute atomic E-state index is 5.63. The van der Waals surface area contributed by atoms with E-state index in [1.165, 1.54) is 11.8 Å². The van der Waals surface area contributed by atoms with Crippen LogP contribution in [0.4, 0.5) is 0 Å². The minimum Gasteiger partial charge on any atom is -0.383 e. The lowest BCUT2D eigenvalue weighted by Gasteiger charge is -1.98. The van der Waals surface area contributed by atoms with E-state index in [-0.39, 0.29) is 0 Å². The molecule has 0 bridgehead atoms. The summed E-state index contributed by atoms with van der Waals surface area (Å²) in [4.78, 5) is 3.88. The molecule has 0 aliphatic heterocycles. The number of aryl methyl sites for hydroxylation is 1. The van der Waals surface area contributed by atoms with Crippen LogP contribution < -0.4 is 5.73 Å². The van der Waals surface area contributed by atoms with Gasteiger partial charge in [-0.15, -0.1) is 0 Å². The Bertz CT molecular complexity index is 296. The molecule has 2 nitrogen and oxygen atoms in total. The smallest absolute Gasteiger partial charge is 0.130 e. The van der Waals surface area contributed by atoms with Crippen molar-refractivity contribution in [3.63, 3.8) is 0 Å². The van der Waals surface area contributed by atoms with Crippen LogP contribution in [0.25, 0.3) is 0 Å². The molecule has 0 saturated carbocycles. The topological polar surface area (TPSA) is 38.4 Å². The zero-order valence-corrected chi connectivity index (χ0v) is 7.12. The van der Waals surface area contributed by atoms with Gasteiger partial charge in [-0.05, 0) is 6.92 Å². The van der Waals surface area contributed by atoms with E-state index >= 15 is 0 Å². The van der Waals surface area contributed by atoms with Gasteiger partial charge < -0.3 is 5.73 Å². The van der Waals surface area contributed by atoms with Gasteiger partial charge in [0, 0.05) is 11.8 Å². The number of nitrogens with zero attached hydrogens (tertiary/aromatic N) is 1. The first-order chi connectivity index (χ1) is 5.74. The number of amidine groups is 1. The highest BCUT2D eigenvalue weighted by molar-refractivity contribution is 5.97. The van der Waals surface area contributed by atoms with Crippen LogP contribution in [0.2, 0.25) is 0 Å². The summed E-state index contributed by atoms with van der Waals surface area (Å²) in [6.45, 7) is 5.51. The van der Waals surface area contributed by atoms with Crippen LogP contribution in [0, 0.1) is 6.92 Å². The van der Waals surface area contributed by atoms with Crippen molar-refractivity contribution in [3.8, 4) is 0 Å². The summed E-state index contributed by atoms with van der Waals surface area (Å²) < 4.78 is 0. The van der Waals surface area contributed by atoms with Crippen molar-refractivity contribution in [3.05, 3.63) is 48.2 Å². The lowest BCUT2D eigenvalue weighted by molar-refractivity contribution is 1.43. The molecular formula is C10H12N2. The summed E-state index contributed by atoms with van der Waals surface area (Å²) in [6, 6.07) is 7.89. The molecule has 2 N–H and O–H groups in total. The summed E-state index contributed by atoms with van der Waals surface area (Å²) in [5, 5.41) is 0. The van der Waals surface area contributed by atoms with Gasteiger partial charge in [-0.1, -0.05) is 36.4 Å². The van der Waals surface area contributed by atoms with Crippen LogP contribution in [0.1, 0.15) is 11.1 Å². The van der Waals surface area contributed by atoms with E-state index in [0.717, 1.165) is 5.56 Å². The van der Waals surface area contributed by atoms with Gasteiger partial charge in [0.2, 0.25) is 0 Å². The summed E-state index contributed by atoms with van der Waals surface area (Å²) in [5.74, 6) is 0.505. The van der Waals surface area contributed by atoms with Crippen LogP contribution in [-0.4, -0.2) is 5.84 Å². The molecule has 1 aromatic carbocycles. The first-order valence-corrected chi connectivity index (χ1v) is 3.75. The molecule has 12 heavy (non-hydrogen) atoms. The molecule has 0 saturated heterocycles. The zero-order chi connectivity index (χ0) is 8.97. The molecule has 0 aromatic heterocycles. The van der Waals surface area contributed by atoms with Crippen molar-refractivity contribution < 1.29 is 0 Å². The SMILES string of the molecule is C=CN=C(N)c1ccc(C)cc1. The van der Waals surface area contributed by atoms with Crippen molar-refractivity contribution in [1.29, 1.82) is 0 Å². The Kier molecular flexibility index (Phi) is 2.64. The monoisotopic (exact) mass is 160 g/mol. The van der Waals surface area contributed by atoms with Crippen molar-refractivity contribution in [1.82, 2.24) is 0 Å². The predicted octanol–water partition coefficient (Wildman–Crippen LogP) is 1.84. The second kappa shape index (κ2) is 3.72. The van der Waals surface area contributed by atoms with E-state index in [2.05, 4.69) is 11.6 Å². The first-order valence-electron chi connectivity index (χ1n) is 3.75. The van der Waals surface area contributed by atoms with Gasteiger partial charge in [-0.25, -0.2) is 4.99 Å². The summed E-state index contributed by atoms with van der Waals surface area (Å²) in [5.41, 5.74) is 7.78. The average molecular weight is 160 g/mol. The Morgan fingerprint density at radius 1 is 1.42 bits per heavy atom. The van der Waals surface area contributed by atoms with Gasteiger partial charge in [0.1, 0.15) is 5.84 Å².